The van der Waals surface area contributed by atoms with Crippen LogP contribution >= 0.6 is 0 Å². The number of sulfonamides is 1. The third kappa shape index (κ3) is 5.95. The molecule has 0 spiro atoms. The van der Waals surface area contributed by atoms with Gasteiger partial charge in [0.05, 0.1) is 23.4 Å². The summed E-state index contributed by atoms with van der Waals surface area (Å²) < 4.78 is 45.9. The zero-order valence-electron chi connectivity index (χ0n) is 18.4. The highest BCUT2D eigenvalue weighted by atomic mass is 32.2. The minimum atomic E-state index is -4.13. The molecule has 33 heavy (non-hydrogen) atoms. The van der Waals surface area contributed by atoms with E-state index in [4.69, 9.17) is 4.74 Å². The lowest BCUT2D eigenvalue weighted by atomic mass is 10.1. The third-order valence-electron chi connectivity index (χ3n) is 4.87. The van der Waals surface area contributed by atoms with Gasteiger partial charge in [0.2, 0.25) is 0 Å². The zero-order chi connectivity index (χ0) is 24.0. The van der Waals surface area contributed by atoms with Gasteiger partial charge in [-0.3, -0.25) is 9.10 Å². The number of amides is 1. The average molecular weight is 470 g/mol. The van der Waals surface area contributed by atoms with Crippen LogP contribution in [-0.2, 0) is 14.8 Å². The number of methoxy groups -OCH3 is 1. The Balaban J connectivity index is 1.84. The lowest BCUT2D eigenvalue weighted by Crippen LogP contribution is -2.39. The van der Waals surface area contributed by atoms with Crippen molar-refractivity contribution in [1.82, 2.24) is 5.43 Å². The molecule has 0 radical (unpaired) electrons. The van der Waals surface area contributed by atoms with E-state index >= 15 is 0 Å². The van der Waals surface area contributed by atoms with Gasteiger partial charge in [-0.1, -0.05) is 17.7 Å². The molecular weight excluding hydrogens is 445 g/mol. The fraction of sp³-hybridized carbons (Fsp3) is 0.167. The molecule has 0 unspecified atom stereocenters. The number of rotatable bonds is 8. The maximum absolute atomic E-state index is 13.3. The normalized spacial score (nSPS) is 11.7. The van der Waals surface area contributed by atoms with Gasteiger partial charge in [-0.2, -0.15) is 5.10 Å². The third-order valence-corrected chi connectivity index (χ3v) is 6.65. The number of carbonyl (C=O) groups excluding carboxylic acids is 1. The number of benzene rings is 3. The highest BCUT2D eigenvalue weighted by Gasteiger charge is 2.27. The van der Waals surface area contributed by atoms with Crippen molar-refractivity contribution in [2.75, 3.05) is 18.0 Å². The summed E-state index contributed by atoms with van der Waals surface area (Å²) in [5.74, 6) is -0.499. The molecule has 0 aromatic heterocycles. The van der Waals surface area contributed by atoms with E-state index in [1.54, 1.807) is 62.6 Å². The van der Waals surface area contributed by atoms with Gasteiger partial charge in [0.1, 0.15) is 18.1 Å². The fourth-order valence-corrected chi connectivity index (χ4v) is 4.39. The van der Waals surface area contributed by atoms with Crippen LogP contribution in [0.25, 0.3) is 0 Å². The Labute approximate surface area is 192 Å². The van der Waals surface area contributed by atoms with Gasteiger partial charge in [0, 0.05) is 0 Å². The van der Waals surface area contributed by atoms with Gasteiger partial charge in [0.15, 0.2) is 0 Å². The lowest BCUT2D eigenvalue weighted by Gasteiger charge is -2.24. The first-order valence-electron chi connectivity index (χ1n) is 10.0. The summed E-state index contributed by atoms with van der Waals surface area (Å²) in [4.78, 5) is 12.5. The predicted molar refractivity (Wildman–Crippen MR) is 125 cm³/mol. The van der Waals surface area contributed by atoms with Gasteiger partial charge in [-0.05, 0) is 80.1 Å². The molecule has 1 N–H and O–H groups in total. The highest BCUT2D eigenvalue weighted by molar-refractivity contribution is 7.92. The molecule has 172 valence electrons. The number of hydrogen-bond acceptors (Lipinski definition) is 5. The number of hydrogen-bond donors (Lipinski definition) is 1. The van der Waals surface area contributed by atoms with Crippen molar-refractivity contribution in [3.05, 3.63) is 89.7 Å². The van der Waals surface area contributed by atoms with Crippen LogP contribution in [-0.4, -0.2) is 33.7 Å². The van der Waals surface area contributed by atoms with Crippen molar-refractivity contribution in [2.24, 2.45) is 5.10 Å². The number of aryl methyl sites for hydroxylation is 1. The molecule has 0 aliphatic heterocycles. The van der Waals surface area contributed by atoms with Crippen LogP contribution in [0.5, 0.6) is 5.75 Å². The standard InChI is InChI=1S/C24H24FN3O4S/c1-17-4-10-21(11-5-17)28(33(30,31)23-14-8-20(25)9-15-23)16-24(29)27-26-18(2)19-6-12-22(32-3)13-7-19/h4-15H,16H2,1-3H3,(H,27,29)/b26-18-. The van der Waals surface area contributed by atoms with Gasteiger partial charge >= 0.3 is 0 Å². The number of halogens is 1. The van der Waals surface area contributed by atoms with E-state index in [9.17, 15) is 17.6 Å². The number of ether oxygens (including phenoxy) is 1. The molecule has 7 nitrogen and oxygen atoms in total. The van der Waals surface area contributed by atoms with Crippen LogP contribution in [0.2, 0.25) is 0 Å². The van der Waals surface area contributed by atoms with Gasteiger partial charge in [0.25, 0.3) is 15.9 Å². The van der Waals surface area contributed by atoms with Crippen LogP contribution in [0.3, 0.4) is 0 Å². The Bertz CT molecular complexity index is 1240. The SMILES string of the molecule is COc1ccc(/C(C)=N\NC(=O)CN(c2ccc(C)cc2)S(=O)(=O)c2ccc(F)cc2)cc1. The minimum Gasteiger partial charge on any atom is -0.497 e. The minimum absolute atomic E-state index is 0.129. The predicted octanol–water partition coefficient (Wildman–Crippen LogP) is 3.88. The molecule has 1 amide bonds. The molecule has 0 heterocycles. The van der Waals surface area contributed by atoms with E-state index in [2.05, 4.69) is 10.5 Å². The first kappa shape index (κ1) is 23.9. The molecular formula is C24H24FN3O4S. The van der Waals surface area contributed by atoms with Crippen LogP contribution in [0.15, 0.2) is 82.8 Å². The summed E-state index contributed by atoms with van der Waals surface area (Å²) in [7, 11) is -2.57. The Kier molecular flexibility index (Phi) is 7.44. The number of anilines is 1. The van der Waals surface area contributed by atoms with Crippen LogP contribution in [0.4, 0.5) is 10.1 Å². The Morgan fingerprint density at radius 1 is 1.00 bits per heavy atom. The molecule has 0 aliphatic carbocycles. The number of nitrogens with one attached hydrogen (secondary N) is 1. The first-order valence-corrected chi connectivity index (χ1v) is 11.5. The number of nitrogens with zero attached hydrogens (tertiary/aromatic N) is 2. The van der Waals surface area contributed by atoms with E-state index in [0.717, 1.165) is 39.7 Å². The van der Waals surface area contributed by atoms with Crippen LogP contribution in [0, 0.1) is 12.7 Å². The number of hydrazone groups is 1. The maximum Gasteiger partial charge on any atom is 0.264 e. The molecule has 0 atom stereocenters. The van der Waals surface area contributed by atoms with Crippen molar-refractivity contribution in [1.29, 1.82) is 0 Å². The molecule has 0 bridgehead atoms. The number of carbonyl (C=O) groups is 1. The summed E-state index contributed by atoms with van der Waals surface area (Å²) in [5, 5.41) is 4.08. The molecule has 9 heteroatoms. The van der Waals surface area contributed by atoms with Crippen molar-refractivity contribution in [2.45, 2.75) is 18.7 Å². The second-order valence-electron chi connectivity index (χ2n) is 7.26. The van der Waals surface area contributed by atoms with Gasteiger partial charge < -0.3 is 4.74 Å². The molecule has 3 rings (SSSR count). The molecule has 0 fully saturated rings. The van der Waals surface area contributed by atoms with Gasteiger partial charge in [-0.25, -0.2) is 18.2 Å². The van der Waals surface area contributed by atoms with Crippen LogP contribution in [0.1, 0.15) is 18.1 Å². The van der Waals surface area contributed by atoms with E-state index in [1.165, 1.54) is 0 Å². The largest absolute Gasteiger partial charge is 0.497 e. The van der Waals surface area contributed by atoms with Crippen molar-refractivity contribution < 1.29 is 22.3 Å². The smallest absolute Gasteiger partial charge is 0.264 e. The molecule has 3 aromatic carbocycles. The first-order chi connectivity index (χ1) is 15.7. The quantitative estimate of drug-likeness (QED) is 0.401. The summed E-state index contributed by atoms with van der Waals surface area (Å²) >= 11 is 0. The molecule has 0 saturated heterocycles. The zero-order valence-corrected chi connectivity index (χ0v) is 19.3. The van der Waals surface area contributed by atoms with E-state index < -0.39 is 28.3 Å². The average Bonchev–Trinajstić information content (AvgIpc) is 2.82. The molecule has 3 aromatic rings. The molecule has 0 aliphatic rings. The van der Waals surface area contributed by atoms with Crippen molar-refractivity contribution in [3.63, 3.8) is 0 Å². The van der Waals surface area contributed by atoms with E-state index in [1.807, 2.05) is 6.92 Å². The molecule has 0 saturated carbocycles. The fourth-order valence-electron chi connectivity index (χ4n) is 2.97. The topological polar surface area (TPSA) is 88.1 Å². The Morgan fingerprint density at radius 2 is 1.61 bits per heavy atom. The summed E-state index contributed by atoms with van der Waals surface area (Å²) in [6.45, 7) is 3.07. The summed E-state index contributed by atoms with van der Waals surface area (Å²) in [5.41, 5.74) is 4.94. The van der Waals surface area contributed by atoms with Crippen molar-refractivity contribution in [3.8, 4) is 5.75 Å². The Hall–Kier alpha value is -3.72. The Morgan fingerprint density at radius 3 is 2.18 bits per heavy atom. The second-order valence-corrected chi connectivity index (χ2v) is 9.12. The van der Waals surface area contributed by atoms with E-state index in [0.29, 0.717) is 17.1 Å². The van der Waals surface area contributed by atoms with Crippen LogP contribution < -0.4 is 14.5 Å². The summed E-state index contributed by atoms with van der Waals surface area (Å²) in [6, 6.07) is 18.3. The monoisotopic (exact) mass is 469 g/mol. The maximum atomic E-state index is 13.3. The summed E-state index contributed by atoms with van der Waals surface area (Å²) in [6.07, 6.45) is 0. The van der Waals surface area contributed by atoms with Gasteiger partial charge in [-0.15, -0.1) is 0 Å². The second kappa shape index (κ2) is 10.3. The van der Waals surface area contributed by atoms with Crippen molar-refractivity contribution >= 4 is 27.3 Å². The van der Waals surface area contributed by atoms with E-state index in [-0.39, 0.29) is 4.90 Å². The highest BCUT2D eigenvalue weighted by Crippen LogP contribution is 2.24. The lowest BCUT2D eigenvalue weighted by molar-refractivity contribution is -0.119.